The van der Waals surface area contributed by atoms with Crippen LogP contribution in [0.2, 0.25) is 0 Å². The van der Waals surface area contributed by atoms with Gasteiger partial charge in [-0.2, -0.15) is 0 Å². The molecule has 0 bridgehead atoms. The third-order valence-corrected chi connectivity index (χ3v) is 6.55. The van der Waals surface area contributed by atoms with Crippen LogP contribution in [-0.2, 0) is 10.0 Å². The molecule has 0 amide bonds. The molecule has 1 aliphatic rings. The van der Waals surface area contributed by atoms with Gasteiger partial charge >= 0.3 is 0 Å². The zero-order chi connectivity index (χ0) is 15.7. The molecular weight excluding hydrogens is 286 g/mol. The number of nitrogens with zero attached hydrogens (tertiary/aromatic N) is 2. The highest BCUT2D eigenvalue weighted by Crippen LogP contribution is 2.16. The fourth-order valence-corrected chi connectivity index (χ4v) is 4.90. The van der Waals surface area contributed by atoms with Gasteiger partial charge in [-0.15, -0.1) is 0 Å². The maximum atomic E-state index is 12.5. The van der Waals surface area contributed by atoms with Crippen molar-refractivity contribution in [1.29, 1.82) is 0 Å². The van der Waals surface area contributed by atoms with Crippen molar-refractivity contribution in [3.05, 3.63) is 0 Å². The molecule has 5 nitrogen and oxygen atoms in total. The van der Waals surface area contributed by atoms with E-state index in [4.69, 9.17) is 0 Å². The molecule has 1 saturated heterocycles. The van der Waals surface area contributed by atoms with Crippen molar-refractivity contribution in [2.24, 2.45) is 5.92 Å². The summed E-state index contributed by atoms with van der Waals surface area (Å²) in [6.07, 6.45) is 2.88. The molecule has 1 N–H and O–H groups in total. The van der Waals surface area contributed by atoms with Gasteiger partial charge in [0, 0.05) is 13.1 Å². The third kappa shape index (κ3) is 6.63. The Morgan fingerprint density at radius 2 is 1.62 bits per heavy atom. The fraction of sp³-hybridized carbons (Fsp3) is 1.00. The van der Waals surface area contributed by atoms with Crippen LogP contribution in [0.25, 0.3) is 0 Å². The lowest BCUT2D eigenvalue weighted by Gasteiger charge is -2.27. The lowest BCUT2D eigenvalue weighted by atomic mass is 10.0. The molecule has 0 aromatic heterocycles. The topological polar surface area (TPSA) is 52.7 Å². The summed E-state index contributed by atoms with van der Waals surface area (Å²) in [5.74, 6) is 0.654. The van der Waals surface area contributed by atoms with Gasteiger partial charge in [0.1, 0.15) is 0 Å². The second kappa shape index (κ2) is 9.77. The summed E-state index contributed by atoms with van der Waals surface area (Å²) in [6, 6.07) is 0. The fourth-order valence-electron chi connectivity index (χ4n) is 2.96. The Bertz CT molecular complexity index is 363. The first kappa shape index (κ1) is 18.9. The standard InChI is InChI=1S/C15H33N3O2S/c1-4-17(5-2)12-7-13-18(6-3)21(19,20)14-15-8-10-16-11-9-15/h15-16H,4-14H2,1-3H3. The van der Waals surface area contributed by atoms with Crippen LogP contribution in [0.15, 0.2) is 0 Å². The minimum atomic E-state index is -3.10. The van der Waals surface area contributed by atoms with Crippen LogP contribution >= 0.6 is 0 Å². The molecule has 0 saturated carbocycles. The van der Waals surface area contributed by atoms with Crippen molar-refractivity contribution in [3.63, 3.8) is 0 Å². The van der Waals surface area contributed by atoms with E-state index in [-0.39, 0.29) is 0 Å². The van der Waals surface area contributed by atoms with E-state index in [1.807, 2.05) is 6.92 Å². The van der Waals surface area contributed by atoms with Gasteiger partial charge in [-0.1, -0.05) is 20.8 Å². The number of hydrogen-bond donors (Lipinski definition) is 1. The Hall–Kier alpha value is -0.170. The van der Waals surface area contributed by atoms with E-state index in [2.05, 4.69) is 24.1 Å². The molecule has 6 heteroatoms. The summed E-state index contributed by atoms with van der Waals surface area (Å²) in [6.45, 7) is 12.4. The van der Waals surface area contributed by atoms with Crippen LogP contribution in [0.4, 0.5) is 0 Å². The molecule has 0 atom stereocenters. The van der Waals surface area contributed by atoms with Crippen molar-refractivity contribution < 1.29 is 8.42 Å². The molecule has 1 fully saturated rings. The average Bonchev–Trinajstić information content (AvgIpc) is 2.48. The molecule has 0 unspecified atom stereocenters. The van der Waals surface area contributed by atoms with Crippen molar-refractivity contribution in [1.82, 2.24) is 14.5 Å². The highest BCUT2D eigenvalue weighted by atomic mass is 32.2. The quantitative estimate of drug-likeness (QED) is 0.661. The first-order valence-corrected chi connectivity index (χ1v) is 10.0. The van der Waals surface area contributed by atoms with Crippen molar-refractivity contribution in [2.75, 3.05) is 51.6 Å². The molecule has 21 heavy (non-hydrogen) atoms. The van der Waals surface area contributed by atoms with Gasteiger partial charge in [0.15, 0.2) is 0 Å². The molecule has 0 aromatic carbocycles. The van der Waals surface area contributed by atoms with Gasteiger partial charge in [-0.3, -0.25) is 0 Å². The Kier molecular flexibility index (Phi) is 8.78. The minimum absolute atomic E-state index is 0.327. The number of sulfonamides is 1. The van der Waals surface area contributed by atoms with E-state index in [0.29, 0.717) is 24.8 Å². The van der Waals surface area contributed by atoms with Crippen molar-refractivity contribution in [3.8, 4) is 0 Å². The second-order valence-electron chi connectivity index (χ2n) is 5.84. The monoisotopic (exact) mass is 319 g/mol. The first-order valence-electron chi connectivity index (χ1n) is 8.44. The first-order chi connectivity index (χ1) is 10.0. The zero-order valence-corrected chi connectivity index (χ0v) is 14.8. The SMILES string of the molecule is CCN(CC)CCCN(CC)S(=O)(=O)CC1CCNCC1. The van der Waals surface area contributed by atoms with E-state index >= 15 is 0 Å². The van der Waals surface area contributed by atoms with Gasteiger partial charge in [-0.25, -0.2) is 12.7 Å². The summed E-state index contributed by atoms with van der Waals surface area (Å²) in [5, 5.41) is 3.29. The van der Waals surface area contributed by atoms with Crippen molar-refractivity contribution in [2.45, 2.75) is 40.0 Å². The van der Waals surface area contributed by atoms with E-state index in [9.17, 15) is 8.42 Å². The summed E-state index contributed by atoms with van der Waals surface area (Å²) >= 11 is 0. The normalized spacial score (nSPS) is 17.8. The van der Waals surface area contributed by atoms with Crippen molar-refractivity contribution >= 4 is 10.0 Å². The largest absolute Gasteiger partial charge is 0.317 e. The molecule has 0 spiro atoms. The summed E-state index contributed by atoms with van der Waals surface area (Å²) in [5.41, 5.74) is 0. The van der Waals surface area contributed by atoms with E-state index in [0.717, 1.165) is 52.0 Å². The van der Waals surface area contributed by atoms with Gasteiger partial charge in [-0.05, 0) is 57.9 Å². The van der Waals surface area contributed by atoms with Crippen LogP contribution in [0.5, 0.6) is 0 Å². The number of piperidine rings is 1. The third-order valence-electron chi connectivity index (χ3n) is 4.43. The van der Waals surface area contributed by atoms with Gasteiger partial charge < -0.3 is 10.2 Å². The van der Waals surface area contributed by atoms with Gasteiger partial charge in [0.25, 0.3) is 0 Å². The molecule has 0 aliphatic carbocycles. The van der Waals surface area contributed by atoms with Crippen LogP contribution in [0.1, 0.15) is 40.0 Å². The minimum Gasteiger partial charge on any atom is -0.317 e. The Balaban J connectivity index is 2.44. The summed E-state index contributed by atoms with van der Waals surface area (Å²) < 4.78 is 26.8. The molecular formula is C15H33N3O2S. The Labute approximate surface area is 131 Å². The molecule has 1 heterocycles. The summed E-state index contributed by atoms with van der Waals surface area (Å²) in [4.78, 5) is 2.34. The van der Waals surface area contributed by atoms with E-state index < -0.39 is 10.0 Å². The maximum Gasteiger partial charge on any atom is 0.214 e. The van der Waals surface area contributed by atoms with Crippen LogP contribution in [-0.4, -0.2) is 69.2 Å². The smallest absolute Gasteiger partial charge is 0.214 e. The van der Waals surface area contributed by atoms with Gasteiger partial charge in [0.2, 0.25) is 10.0 Å². The lowest BCUT2D eigenvalue weighted by Crippen LogP contribution is -2.39. The van der Waals surface area contributed by atoms with Gasteiger partial charge in [0.05, 0.1) is 5.75 Å². The van der Waals surface area contributed by atoms with E-state index in [1.54, 1.807) is 4.31 Å². The summed E-state index contributed by atoms with van der Waals surface area (Å²) in [7, 11) is -3.10. The highest BCUT2D eigenvalue weighted by molar-refractivity contribution is 7.89. The zero-order valence-electron chi connectivity index (χ0n) is 14.0. The molecule has 1 aliphatic heterocycles. The Morgan fingerprint density at radius 1 is 1.00 bits per heavy atom. The molecule has 0 radical (unpaired) electrons. The van der Waals surface area contributed by atoms with Crippen LogP contribution in [0.3, 0.4) is 0 Å². The van der Waals surface area contributed by atoms with Crippen LogP contribution in [0, 0.1) is 5.92 Å². The van der Waals surface area contributed by atoms with Crippen LogP contribution < -0.4 is 5.32 Å². The predicted molar refractivity (Wildman–Crippen MR) is 89.0 cm³/mol. The highest BCUT2D eigenvalue weighted by Gasteiger charge is 2.26. The predicted octanol–water partition coefficient (Wildman–Crippen LogP) is 1.37. The maximum absolute atomic E-state index is 12.5. The second-order valence-corrected chi connectivity index (χ2v) is 7.86. The molecule has 0 aromatic rings. The number of rotatable bonds is 10. The van der Waals surface area contributed by atoms with E-state index in [1.165, 1.54) is 0 Å². The lowest BCUT2D eigenvalue weighted by molar-refractivity contribution is 0.284. The number of nitrogens with one attached hydrogen (secondary N) is 1. The Morgan fingerprint density at radius 3 is 2.14 bits per heavy atom. The molecule has 126 valence electrons. The molecule has 1 rings (SSSR count). The number of hydrogen-bond acceptors (Lipinski definition) is 4. The average molecular weight is 320 g/mol.